The molecule has 0 aliphatic rings. The lowest BCUT2D eigenvalue weighted by Gasteiger charge is -2.10. The van der Waals surface area contributed by atoms with Crippen molar-refractivity contribution in [3.05, 3.63) is 18.2 Å². The number of rotatable bonds is 4. The highest BCUT2D eigenvalue weighted by atomic mass is 35.5. The summed E-state index contributed by atoms with van der Waals surface area (Å²) in [5, 5.41) is 4.97. The third-order valence-corrected chi connectivity index (χ3v) is 2.03. The SMILES string of the molecule is COc1ccc(N)c(NC(=O)CNC(C)=O)c1.Cl. The highest BCUT2D eigenvalue weighted by Crippen LogP contribution is 2.24. The molecule has 2 amide bonds. The van der Waals surface area contributed by atoms with Crippen LogP contribution in [0, 0.1) is 0 Å². The van der Waals surface area contributed by atoms with Crippen LogP contribution in [-0.4, -0.2) is 25.5 Å². The van der Waals surface area contributed by atoms with E-state index in [1.54, 1.807) is 18.2 Å². The average Bonchev–Trinajstić information content (AvgIpc) is 2.29. The molecule has 0 aliphatic carbocycles. The van der Waals surface area contributed by atoms with Crippen LogP contribution in [0.3, 0.4) is 0 Å². The minimum absolute atomic E-state index is 0. The van der Waals surface area contributed by atoms with Gasteiger partial charge in [-0.2, -0.15) is 0 Å². The van der Waals surface area contributed by atoms with Gasteiger partial charge in [0.25, 0.3) is 0 Å². The van der Waals surface area contributed by atoms with Crippen molar-refractivity contribution < 1.29 is 14.3 Å². The van der Waals surface area contributed by atoms with Crippen LogP contribution < -0.4 is 21.1 Å². The van der Waals surface area contributed by atoms with E-state index in [0.29, 0.717) is 17.1 Å². The molecule has 18 heavy (non-hydrogen) atoms. The van der Waals surface area contributed by atoms with Gasteiger partial charge in [0.2, 0.25) is 11.8 Å². The normalized spacial score (nSPS) is 9.00. The van der Waals surface area contributed by atoms with Crippen molar-refractivity contribution in [3.8, 4) is 5.75 Å². The Bertz CT molecular complexity index is 438. The summed E-state index contributed by atoms with van der Waals surface area (Å²) in [6.07, 6.45) is 0. The summed E-state index contributed by atoms with van der Waals surface area (Å²) in [6, 6.07) is 4.94. The lowest BCUT2D eigenvalue weighted by atomic mass is 10.2. The Morgan fingerprint density at radius 1 is 1.39 bits per heavy atom. The van der Waals surface area contributed by atoms with Gasteiger partial charge < -0.3 is 21.1 Å². The quantitative estimate of drug-likeness (QED) is 0.707. The van der Waals surface area contributed by atoms with E-state index in [9.17, 15) is 9.59 Å². The first-order chi connectivity index (χ1) is 8.02. The Labute approximate surface area is 111 Å². The summed E-state index contributed by atoms with van der Waals surface area (Å²) in [6.45, 7) is 1.25. The van der Waals surface area contributed by atoms with E-state index in [1.807, 2.05) is 0 Å². The van der Waals surface area contributed by atoms with Crippen molar-refractivity contribution in [2.75, 3.05) is 24.7 Å². The zero-order chi connectivity index (χ0) is 12.8. The number of amides is 2. The van der Waals surface area contributed by atoms with E-state index < -0.39 is 0 Å². The molecule has 1 aromatic carbocycles. The van der Waals surface area contributed by atoms with Crippen molar-refractivity contribution in [2.24, 2.45) is 0 Å². The predicted molar refractivity (Wildman–Crippen MR) is 72.0 cm³/mol. The third kappa shape index (κ3) is 4.92. The van der Waals surface area contributed by atoms with Gasteiger partial charge in [0.1, 0.15) is 5.75 Å². The fourth-order valence-electron chi connectivity index (χ4n) is 1.17. The minimum atomic E-state index is -0.347. The molecular weight excluding hydrogens is 258 g/mol. The number of nitrogen functional groups attached to an aromatic ring is 1. The van der Waals surface area contributed by atoms with Gasteiger partial charge in [-0.05, 0) is 12.1 Å². The van der Waals surface area contributed by atoms with Crippen LogP contribution in [0.2, 0.25) is 0 Å². The second kappa shape index (κ2) is 7.39. The van der Waals surface area contributed by atoms with Gasteiger partial charge >= 0.3 is 0 Å². The first kappa shape index (κ1) is 16.1. The number of ether oxygens (including phenoxy) is 1. The molecule has 0 unspecified atom stereocenters. The second-order valence-corrected chi connectivity index (χ2v) is 3.41. The summed E-state index contributed by atoms with van der Waals surface area (Å²) in [5.41, 5.74) is 6.58. The number of nitrogens with one attached hydrogen (secondary N) is 2. The fraction of sp³-hybridized carbons (Fsp3) is 0.273. The number of methoxy groups -OCH3 is 1. The largest absolute Gasteiger partial charge is 0.497 e. The topological polar surface area (TPSA) is 93.4 Å². The molecule has 7 heteroatoms. The van der Waals surface area contributed by atoms with Crippen LogP contribution in [0.5, 0.6) is 5.75 Å². The van der Waals surface area contributed by atoms with Crippen LogP contribution in [0.15, 0.2) is 18.2 Å². The lowest BCUT2D eigenvalue weighted by molar-refractivity contribution is -0.122. The molecule has 6 nitrogen and oxygen atoms in total. The molecule has 4 N–H and O–H groups in total. The van der Waals surface area contributed by atoms with E-state index in [-0.39, 0.29) is 30.8 Å². The average molecular weight is 274 g/mol. The van der Waals surface area contributed by atoms with Crippen molar-refractivity contribution in [1.82, 2.24) is 5.32 Å². The first-order valence-electron chi connectivity index (χ1n) is 5.00. The first-order valence-corrected chi connectivity index (χ1v) is 5.00. The van der Waals surface area contributed by atoms with Crippen LogP contribution in [0.4, 0.5) is 11.4 Å². The molecular formula is C11H16ClN3O3. The van der Waals surface area contributed by atoms with Crippen molar-refractivity contribution >= 4 is 35.6 Å². The number of hydrogen-bond donors (Lipinski definition) is 3. The molecule has 0 aliphatic heterocycles. The van der Waals surface area contributed by atoms with Crippen molar-refractivity contribution in [2.45, 2.75) is 6.92 Å². The van der Waals surface area contributed by atoms with E-state index >= 15 is 0 Å². The van der Waals surface area contributed by atoms with Crippen molar-refractivity contribution in [1.29, 1.82) is 0 Å². The van der Waals surface area contributed by atoms with Crippen LogP contribution in [0.1, 0.15) is 6.92 Å². The maximum absolute atomic E-state index is 11.4. The van der Waals surface area contributed by atoms with Gasteiger partial charge in [0.15, 0.2) is 0 Å². The molecule has 0 heterocycles. The molecule has 1 rings (SSSR count). The summed E-state index contributed by atoms with van der Waals surface area (Å²) < 4.78 is 5.01. The Morgan fingerprint density at radius 3 is 2.61 bits per heavy atom. The Kier molecular flexibility index (Phi) is 6.59. The summed E-state index contributed by atoms with van der Waals surface area (Å²) in [7, 11) is 1.52. The summed E-state index contributed by atoms with van der Waals surface area (Å²) in [5.74, 6) is -0.0204. The smallest absolute Gasteiger partial charge is 0.243 e. The van der Waals surface area contributed by atoms with Crippen molar-refractivity contribution in [3.63, 3.8) is 0 Å². The maximum atomic E-state index is 11.4. The predicted octanol–water partition coefficient (Wildman–Crippen LogP) is 0.774. The van der Waals surface area contributed by atoms with Gasteiger partial charge in [-0.3, -0.25) is 9.59 Å². The third-order valence-electron chi connectivity index (χ3n) is 2.03. The standard InChI is InChI=1S/C11H15N3O3.ClH/c1-7(15)13-6-11(16)14-10-5-8(17-2)3-4-9(10)12;/h3-5H,6,12H2,1-2H3,(H,13,15)(H,14,16);1H. The number of carbonyl (C=O) groups is 2. The minimum Gasteiger partial charge on any atom is -0.497 e. The van der Waals surface area contributed by atoms with Crippen LogP contribution in [-0.2, 0) is 9.59 Å². The monoisotopic (exact) mass is 273 g/mol. The lowest BCUT2D eigenvalue weighted by Crippen LogP contribution is -2.31. The maximum Gasteiger partial charge on any atom is 0.243 e. The number of halogens is 1. The molecule has 0 bridgehead atoms. The number of anilines is 2. The van der Waals surface area contributed by atoms with E-state index in [0.717, 1.165) is 0 Å². The van der Waals surface area contributed by atoms with Gasteiger partial charge in [-0.25, -0.2) is 0 Å². The molecule has 0 aromatic heterocycles. The summed E-state index contributed by atoms with van der Waals surface area (Å²) >= 11 is 0. The van der Waals surface area contributed by atoms with Crippen LogP contribution >= 0.6 is 12.4 Å². The van der Waals surface area contributed by atoms with E-state index in [4.69, 9.17) is 10.5 Å². The fourth-order valence-corrected chi connectivity index (χ4v) is 1.17. The number of hydrogen-bond acceptors (Lipinski definition) is 4. The van der Waals surface area contributed by atoms with E-state index in [1.165, 1.54) is 14.0 Å². The van der Waals surface area contributed by atoms with Gasteiger partial charge in [-0.1, -0.05) is 0 Å². The molecule has 0 atom stereocenters. The zero-order valence-corrected chi connectivity index (χ0v) is 11.0. The number of benzene rings is 1. The molecule has 0 fully saturated rings. The molecule has 100 valence electrons. The molecule has 0 saturated carbocycles. The zero-order valence-electron chi connectivity index (χ0n) is 10.1. The Hall–Kier alpha value is -1.95. The number of carbonyl (C=O) groups excluding carboxylic acids is 2. The molecule has 0 spiro atoms. The molecule has 1 aromatic rings. The van der Waals surface area contributed by atoms with Crippen LogP contribution in [0.25, 0.3) is 0 Å². The molecule has 0 radical (unpaired) electrons. The second-order valence-electron chi connectivity index (χ2n) is 3.41. The van der Waals surface area contributed by atoms with Gasteiger partial charge in [-0.15, -0.1) is 12.4 Å². The Morgan fingerprint density at radius 2 is 2.06 bits per heavy atom. The highest BCUT2D eigenvalue weighted by molar-refractivity contribution is 5.96. The van der Waals surface area contributed by atoms with Gasteiger partial charge in [0, 0.05) is 13.0 Å². The van der Waals surface area contributed by atoms with Gasteiger partial charge in [0.05, 0.1) is 25.0 Å². The number of nitrogens with two attached hydrogens (primary N) is 1. The molecule has 0 saturated heterocycles. The highest BCUT2D eigenvalue weighted by Gasteiger charge is 2.06. The Balaban J connectivity index is 0.00000289. The van der Waals surface area contributed by atoms with E-state index in [2.05, 4.69) is 10.6 Å². The summed E-state index contributed by atoms with van der Waals surface area (Å²) in [4.78, 5) is 22.1.